The van der Waals surface area contributed by atoms with E-state index < -0.39 is 0 Å². The zero-order valence-electron chi connectivity index (χ0n) is 15.6. The second-order valence-corrected chi connectivity index (χ2v) is 7.61. The molecular formula is C23H22N2O. The Morgan fingerprint density at radius 1 is 0.769 bits per heavy atom. The Balaban J connectivity index is 1.81. The van der Waals surface area contributed by atoms with Gasteiger partial charge in [-0.15, -0.1) is 0 Å². The minimum atomic E-state index is -0.151. The molecule has 0 saturated carbocycles. The molecule has 0 saturated heterocycles. The van der Waals surface area contributed by atoms with Crippen LogP contribution in [0.1, 0.15) is 19.4 Å². The molecule has 4 aromatic rings. The second-order valence-electron chi connectivity index (χ2n) is 7.61. The number of benzene rings is 3. The maximum Gasteiger partial charge on any atom is 0.135 e. The van der Waals surface area contributed by atoms with Crippen LogP contribution >= 0.6 is 0 Å². The van der Waals surface area contributed by atoms with E-state index in [0.29, 0.717) is 0 Å². The predicted molar refractivity (Wildman–Crippen MR) is 110 cm³/mol. The summed E-state index contributed by atoms with van der Waals surface area (Å²) in [5.74, 6) is 0. The third-order valence-corrected chi connectivity index (χ3v) is 5.79. The molecule has 0 bridgehead atoms. The molecule has 130 valence electrons. The summed E-state index contributed by atoms with van der Waals surface area (Å²) in [6.07, 6.45) is 0. The zero-order valence-corrected chi connectivity index (χ0v) is 15.6. The van der Waals surface area contributed by atoms with Crippen LogP contribution in [0, 0.1) is 6.92 Å². The number of aryl methyl sites for hydroxylation is 1. The first kappa shape index (κ1) is 15.3. The Hall–Kier alpha value is -2.94. The summed E-state index contributed by atoms with van der Waals surface area (Å²) in [5, 5.41) is 2.34. The summed E-state index contributed by atoms with van der Waals surface area (Å²) in [6.45, 7) is 6.70. The average molecular weight is 342 g/mol. The number of rotatable bonds is 1. The molecule has 0 fully saturated rings. The van der Waals surface area contributed by atoms with Crippen LogP contribution in [-0.4, -0.2) is 12.7 Å². The summed E-state index contributed by atoms with van der Waals surface area (Å²) < 4.78 is 6.06. The van der Waals surface area contributed by atoms with Crippen LogP contribution in [0.15, 0.2) is 65.1 Å². The lowest BCUT2D eigenvalue weighted by Crippen LogP contribution is -2.48. The molecular weight excluding hydrogens is 320 g/mol. The summed E-state index contributed by atoms with van der Waals surface area (Å²) in [6, 6.07) is 21.3. The van der Waals surface area contributed by atoms with Crippen molar-refractivity contribution < 1.29 is 4.42 Å². The predicted octanol–water partition coefficient (Wildman–Crippen LogP) is 6.22. The van der Waals surface area contributed by atoms with Crippen molar-refractivity contribution in [3.8, 4) is 0 Å². The molecule has 3 aromatic carbocycles. The van der Waals surface area contributed by atoms with Gasteiger partial charge >= 0.3 is 0 Å². The highest BCUT2D eigenvalue weighted by Gasteiger charge is 2.41. The van der Waals surface area contributed by atoms with Crippen LogP contribution in [0.25, 0.3) is 21.9 Å². The monoisotopic (exact) mass is 342 g/mol. The minimum absolute atomic E-state index is 0.151. The van der Waals surface area contributed by atoms with E-state index in [9.17, 15) is 0 Å². The van der Waals surface area contributed by atoms with E-state index in [1.807, 2.05) is 12.1 Å². The summed E-state index contributed by atoms with van der Waals surface area (Å²) in [5.41, 5.74) is 6.69. The van der Waals surface area contributed by atoms with Gasteiger partial charge in [0.2, 0.25) is 0 Å². The average Bonchev–Trinajstić information content (AvgIpc) is 3.07. The summed E-state index contributed by atoms with van der Waals surface area (Å²) >= 11 is 0. The Morgan fingerprint density at radius 3 is 2.27 bits per heavy atom. The lowest BCUT2D eigenvalue weighted by molar-refractivity contribution is 0.521. The number of anilines is 3. The SMILES string of the molecule is Cc1cc2oc3ccccc3c2cc1N1c2ccccc2N(C)C1(C)C. The third kappa shape index (κ3) is 1.88. The fourth-order valence-corrected chi connectivity index (χ4v) is 4.20. The second kappa shape index (κ2) is 5.04. The molecule has 3 nitrogen and oxygen atoms in total. The van der Waals surface area contributed by atoms with Crippen LogP contribution < -0.4 is 9.80 Å². The molecule has 1 aromatic heterocycles. The number of fused-ring (bicyclic) bond motifs is 4. The molecule has 26 heavy (non-hydrogen) atoms. The van der Waals surface area contributed by atoms with Gasteiger partial charge in [0.1, 0.15) is 16.8 Å². The summed E-state index contributed by atoms with van der Waals surface area (Å²) in [4.78, 5) is 4.79. The van der Waals surface area contributed by atoms with Crippen LogP contribution in [0.5, 0.6) is 0 Å². The van der Waals surface area contributed by atoms with Crippen molar-refractivity contribution >= 4 is 39.0 Å². The van der Waals surface area contributed by atoms with E-state index in [-0.39, 0.29) is 5.66 Å². The number of para-hydroxylation sites is 3. The van der Waals surface area contributed by atoms with Gasteiger partial charge in [0.15, 0.2) is 0 Å². The van der Waals surface area contributed by atoms with Crippen molar-refractivity contribution in [2.45, 2.75) is 26.4 Å². The fourth-order valence-electron chi connectivity index (χ4n) is 4.20. The minimum Gasteiger partial charge on any atom is -0.456 e. The van der Waals surface area contributed by atoms with E-state index >= 15 is 0 Å². The Bertz CT molecular complexity index is 1160. The standard InChI is InChI=1S/C23H22N2O/c1-15-13-22-17(16-9-5-8-12-21(16)26-22)14-20(15)25-19-11-7-6-10-18(19)24(4)23(25,2)3/h5-14H,1-4H3. The first-order chi connectivity index (χ1) is 12.5. The maximum atomic E-state index is 6.06. The van der Waals surface area contributed by atoms with E-state index in [1.165, 1.54) is 33.4 Å². The molecule has 1 aliphatic rings. The van der Waals surface area contributed by atoms with Crippen molar-refractivity contribution in [1.29, 1.82) is 0 Å². The smallest absolute Gasteiger partial charge is 0.135 e. The Kier molecular flexibility index (Phi) is 2.97. The van der Waals surface area contributed by atoms with Gasteiger partial charge in [-0.25, -0.2) is 0 Å². The lowest BCUT2D eigenvalue weighted by atomic mass is 10.0. The maximum absolute atomic E-state index is 6.06. The molecule has 2 heterocycles. The molecule has 1 aliphatic heterocycles. The van der Waals surface area contributed by atoms with Crippen molar-refractivity contribution in [2.75, 3.05) is 16.8 Å². The van der Waals surface area contributed by atoms with Crippen LogP contribution in [0.4, 0.5) is 17.1 Å². The molecule has 5 rings (SSSR count). The van der Waals surface area contributed by atoms with Crippen molar-refractivity contribution in [3.63, 3.8) is 0 Å². The van der Waals surface area contributed by atoms with Gasteiger partial charge in [-0.05, 0) is 56.7 Å². The van der Waals surface area contributed by atoms with Gasteiger partial charge in [0, 0.05) is 23.5 Å². The van der Waals surface area contributed by atoms with Gasteiger partial charge in [0.05, 0.1) is 11.4 Å². The van der Waals surface area contributed by atoms with Crippen LogP contribution in [0.2, 0.25) is 0 Å². The van der Waals surface area contributed by atoms with E-state index in [4.69, 9.17) is 4.42 Å². The molecule has 3 heteroatoms. The molecule has 0 spiro atoms. The first-order valence-corrected chi connectivity index (χ1v) is 9.03. The number of nitrogens with zero attached hydrogens (tertiary/aromatic N) is 2. The summed E-state index contributed by atoms with van der Waals surface area (Å²) in [7, 11) is 2.17. The van der Waals surface area contributed by atoms with Gasteiger partial charge < -0.3 is 14.2 Å². The quantitative estimate of drug-likeness (QED) is 0.409. The number of furan rings is 1. The molecule has 0 amide bonds. The van der Waals surface area contributed by atoms with Crippen molar-refractivity contribution in [1.82, 2.24) is 0 Å². The van der Waals surface area contributed by atoms with Gasteiger partial charge in [-0.2, -0.15) is 0 Å². The van der Waals surface area contributed by atoms with Crippen molar-refractivity contribution in [3.05, 3.63) is 66.2 Å². The fraction of sp³-hybridized carbons (Fsp3) is 0.217. The largest absolute Gasteiger partial charge is 0.456 e. The van der Waals surface area contributed by atoms with Crippen LogP contribution in [0.3, 0.4) is 0 Å². The lowest BCUT2D eigenvalue weighted by Gasteiger charge is -2.39. The number of hydrogen-bond acceptors (Lipinski definition) is 3. The molecule has 0 N–H and O–H groups in total. The molecule has 0 unspecified atom stereocenters. The highest BCUT2D eigenvalue weighted by atomic mass is 16.3. The first-order valence-electron chi connectivity index (χ1n) is 9.03. The van der Waals surface area contributed by atoms with E-state index in [2.05, 4.69) is 86.1 Å². The Labute approximate surface area is 153 Å². The van der Waals surface area contributed by atoms with Gasteiger partial charge in [0.25, 0.3) is 0 Å². The molecule has 0 radical (unpaired) electrons. The Morgan fingerprint density at radius 2 is 1.46 bits per heavy atom. The molecule has 0 atom stereocenters. The highest BCUT2D eigenvalue weighted by Crippen LogP contribution is 2.49. The topological polar surface area (TPSA) is 19.6 Å². The van der Waals surface area contributed by atoms with Gasteiger partial charge in [-0.1, -0.05) is 30.3 Å². The van der Waals surface area contributed by atoms with E-state index in [1.54, 1.807) is 0 Å². The van der Waals surface area contributed by atoms with Crippen LogP contribution in [-0.2, 0) is 0 Å². The van der Waals surface area contributed by atoms with Crippen molar-refractivity contribution in [2.24, 2.45) is 0 Å². The van der Waals surface area contributed by atoms with Gasteiger partial charge in [-0.3, -0.25) is 0 Å². The third-order valence-electron chi connectivity index (χ3n) is 5.79. The normalized spacial score (nSPS) is 15.8. The molecule has 0 aliphatic carbocycles. The zero-order chi connectivity index (χ0) is 18.1. The van der Waals surface area contributed by atoms with E-state index in [0.717, 1.165) is 11.2 Å². The number of hydrogen-bond donors (Lipinski definition) is 0. The highest BCUT2D eigenvalue weighted by molar-refractivity contribution is 6.07.